The van der Waals surface area contributed by atoms with Crippen molar-refractivity contribution in [3.63, 3.8) is 0 Å². The smallest absolute Gasteiger partial charge is 0.227 e. The molecule has 20 heavy (non-hydrogen) atoms. The van der Waals surface area contributed by atoms with Gasteiger partial charge in [0, 0.05) is 24.2 Å². The monoisotopic (exact) mass is 277 g/mol. The zero-order valence-corrected chi connectivity index (χ0v) is 11.8. The Morgan fingerprint density at radius 1 is 1.30 bits per heavy atom. The Kier molecular flexibility index (Phi) is 4.74. The van der Waals surface area contributed by atoms with Crippen LogP contribution in [-0.2, 0) is 16.0 Å². The van der Waals surface area contributed by atoms with Gasteiger partial charge in [-0.3, -0.25) is 9.59 Å². The van der Waals surface area contributed by atoms with Gasteiger partial charge in [-0.05, 0) is 25.1 Å². The Hall–Kier alpha value is -1.88. The molecule has 1 amide bonds. The van der Waals surface area contributed by atoms with Crippen LogP contribution in [0.2, 0.25) is 0 Å². The predicted octanol–water partition coefficient (Wildman–Crippen LogP) is 1.30. The lowest BCUT2D eigenvalue weighted by atomic mass is 10.0. The molecule has 1 aromatic rings. The van der Waals surface area contributed by atoms with Gasteiger partial charge >= 0.3 is 0 Å². The molecule has 0 aromatic heterocycles. The maximum Gasteiger partial charge on any atom is 0.227 e. The first kappa shape index (κ1) is 14.5. The first-order valence-corrected chi connectivity index (χ1v) is 6.65. The molecule has 5 nitrogen and oxygen atoms in total. The van der Waals surface area contributed by atoms with E-state index >= 15 is 0 Å². The highest BCUT2D eigenvalue weighted by Gasteiger charge is 2.19. The van der Waals surface area contributed by atoms with E-state index in [4.69, 9.17) is 9.47 Å². The molecule has 2 rings (SSSR count). The van der Waals surface area contributed by atoms with E-state index in [1.165, 1.54) is 6.92 Å². The first-order valence-electron chi connectivity index (χ1n) is 6.65. The zero-order valence-electron chi connectivity index (χ0n) is 11.8. The van der Waals surface area contributed by atoms with Crippen LogP contribution in [0, 0.1) is 0 Å². The number of ketones is 1. The van der Waals surface area contributed by atoms with Crippen molar-refractivity contribution in [2.24, 2.45) is 0 Å². The number of hydrogen-bond donors (Lipinski definition) is 0. The largest absolute Gasteiger partial charge is 0.496 e. The van der Waals surface area contributed by atoms with Crippen LogP contribution in [0.1, 0.15) is 22.8 Å². The zero-order chi connectivity index (χ0) is 14.5. The SMILES string of the molecule is COc1ccc(C(C)=O)cc1CC(=O)N1CCOCC1. The topological polar surface area (TPSA) is 55.8 Å². The number of hydrogen-bond acceptors (Lipinski definition) is 4. The predicted molar refractivity (Wildman–Crippen MR) is 74.1 cm³/mol. The maximum absolute atomic E-state index is 12.2. The number of ether oxygens (including phenoxy) is 2. The van der Waals surface area contributed by atoms with Gasteiger partial charge in [-0.1, -0.05) is 0 Å². The fraction of sp³-hybridized carbons (Fsp3) is 0.467. The van der Waals surface area contributed by atoms with Crippen molar-refractivity contribution in [2.75, 3.05) is 33.4 Å². The molecular formula is C15H19NO4. The summed E-state index contributed by atoms with van der Waals surface area (Å²) in [5, 5.41) is 0. The van der Waals surface area contributed by atoms with Gasteiger partial charge in [0.2, 0.25) is 5.91 Å². The summed E-state index contributed by atoms with van der Waals surface area (Å²) < 4.78 is 10.5. The third kappa shape index (κ3) is 3.36. The Balaban J connectivity index is 2.15. The highest BCUT2D eigenvalue weighted by molar-refractivity contribution is 5.94. The fourth-order valence-corrected chi connectivity index (χ4v) is 2.22. The number of morpholine rings is 1. The summed E-state index contributed by atoms with van der Waals surface area (Å²) in [6.45, 7) is 3.91. The quantitative estimate of drug-likeness (QED) is 0.778. The number of amides is 1. The van der Waals surface area contributed by atoms with Crippen LogP contribution < -0.4 is 4.74 Å². The molecule has 1 aromatic carbocycles. The van der Waals surface area contributed by atoms with Crippen molar-refractivity contribution in [1.82, 2.24) is 4.90 Å². The van der Waals surface area contributed by atoms with Gasteiger partial charge in [0.25, 0.3) is 0 Å². The summed E-state index contributed by atoms with van der Waals surface area (Å²) in [6, 6.07) is 5.18. The third-order valence-electron chi connectivity index (χ3n) is 3.39. The van der Waals surface area contributed by atoms with Crippen LogP contribution in [0.5, 0.6) is 5.75 Å². The molecule has 0 atom stereocenters. The molecule has 108 valence electrons. The lowest BCUT2D eigenvalue weighted by Crippen LogP contribution is -2.41. The second kappa shape index (κ2) is 6.52. The van der Waals surface area contributed by atoms with E-state index < -0.39 is 0 Å². The van der Waals surface area contributed by atoms with Crippen LogP contribution in [0.3, 0.4) is 0 Å². The van der Waals surface area contributed by atoms with Crippen LogP contribution in [0.4, 0.5) is 0 Å². The molecule has 1 saturated heterocycles. The van der Waals surface area contributed by atoms with Gasteiger partial charge in [-0.25, -0.2) is 0 Å². The summed E-state index contributed by atoms with van der Waals surface area (Å²) in [5.41, 5.74) is 1.34. The average Bonchev–Trinajstić information content (AvgIpc) is 2.48. The molecule has 1 fully saturated rings. The van der Waals surface area contributed by atoms with E-state index in [9.17, 15) is 9.59 Å². The number of carbonyl (C=O) groups is 2. The molecule has 1 heterocycles. The summed E-state index contributed by atoms with van der Waals surface area (Å²) >= 11 is 0. The summed E-state index contributed by atoms with van der Waals surface area (Å²) in [4.78, 5) is 25.5. The van der Waals surface area contributed by atoms with Gasteiger partial charge in [0.05, 0.1) is 26.7 Å². The van der Waals surface area contributed by atoms with Crippen molar-refractivity contribution in [1.29, 1.82) is 0 Å². The molecule has 0 bridgehead atoms. The molecule has 1 aliphatic heterocycles. The van der Waals surface area contributed by atoms with Gasteiger partial charge in [0.15, 0.2) is 5.78 Å². The fourth-order valence-electron chi connectivity index (χ4n) is 2.22. The van der Waals surface area contributed by atoms with Crippen LogP contribution >= 0.6 is 0 Å². The Morgan fingerprint density at radius 2 is 2.00 bits per heavy atom. The van der Waals surface area contributed by atoms with Gasteiger partial charge < -0.3 is 14.4 Å². The van der Waals surface area contributed by atoms with Crippen LogP contribution in [0.15, 0.2) is 18.2 Å². The molecule has 0 saturated carbocycles. The number of nitrogens with zero attached hydrogens (tertiary/aromatic N) is 1. The third-order valence-corrected chi connectivity index (χ3v) is 3.39. The van der Waals surface area contributed by atoms with Crippen molar-refractivity contribution in [3.8, 4) is 5.75 Å². The molecular weight excluding hydrogens is 258 g/mol. The van der Waals surface area contributed by atoms with E-state index in [1.54, 1.807) is 30.2 Å². The Morgan fingerprint density at radius 3 is 2.60 bits per heavy atom. The molecule has 0 N–H and O–H groups in total. The molecule has 0 spiro atoms. The van der Waals surface area contributed by atoms with E-state index in [0.717, 1.165) is 5.56 Å². The summed E-state index contributed by atoms with van der Waals surface area (Å²) in [6.07, 6.45) is 0.240. The van der Waals surface area contributed by atoms with Gasteiger partial charge in [-0.2, -0.15) is 0 Å². The van der Waals surface area contributed by atoms with Crippen molar-refractivity contribution in [3.05, 3.63) is 29.3 Å². The first-order chi connectivity index (χ1) is 9.61. The van der Waals surface area contributed by atoms with Crippen molar-refractivity contribution < 1.29 is 19.1 Å². The summed E-state index contributed by atoms with van der Waals surface area (Å²) in [7, 11) is 1.56. The van der Waals surface area contributed by atoms with Crippen molar-refractivity contribution >= 4 is 11.7 Å². The van der Waals surface area contributed by atoms with Crippen molar-refractivity contribution in [2.45, 2.75) is 13.3 Å². The molecule has 0 radical (unpaired) electrons. The standard InChI is InChI=1S/C15H19NO4/c1-11(17)12-3-4-14(19-2)13(9-12)10-15(18)16-5-7-20-8-6-16/h3-4,9H,5-8,10H2,1-2H3. The maximum atomic E-state index is 12.2. The van der Waals surface area contributed by atoms with Crippen LogP contribution in [-0.4, -0.2) is 50.0 Å². The Bertz CT molecular complexity index is 507. The minimum Gasteiger partial charge on any atom is -0.496 e. The number of carbonyl (C=O) groups excluding carboxylic acids is 2. The van der Waals surface area contributed by atoms with E-state index in [0.29, 0.717) is 37.6 Å². The highest BCUT2D eigenvalue weighted by atomic mass is 16.5. The Labute approximate surface area is 118 Å². The highest BCUT2D eigenvalue weighted by Crippen LogP contribution is 2.21. The second-order valence-electron chi connectivity index (χ2n) is 4.75. The lowest BCUT2D eigenvalue weighted by molar-refractivity contribution is -0.134. The lowest BCUT2D eigenvalue weighted by Gasteiger charge is -2.27. The van der Waals surface area contributed by atoms with E-state index in [-0.39, 0.29) is 18.1 Å². The van der Waals surface area contributed by atoms with Crippen LogP contribution in [0.25, 0.3) is 0 Å². The van der Waals surface area contributed by atoms with Gasteiger partial charge in [0.1, 0.15) is 5.75 Å². The normalized spacial score (nSPS) is 15.0. The number of Topliss-reactive ketones (excluding diaryl/α,β-unsaturated/α-hetero) is 1. The molecule has 0 unspecified atom stereocenters. The van der Waals surface area contributed by atoms with E-state index in [1.807, 2.05) is 0 Å². The van der Waals surface area contributed by atoms with Gasteiger partial charge in [-0.15, -0.1) is 0 Å². The number of methoxy groups -OCH3 is 1. The number of benzene rings is 1. The number of rotatable bonds is 4. The minimum atomic E-state index is -0.0206. The average molecular weight is 277 g/mol. The van der Waals surface area contributed by atoms with E-state index in [2.05, 4.69) is 0 Å². The second-order valence-corrected chi connectivity index (χ2v) is 4.75. The molecule has 5 heteroatoms. The summed E-state index contributed by atoms with van der Waals surface area (Å²) in [5.74, 6) is 0.650. The molecule has 1 aliphatic rings. The minimum absolute atomic E-state index is 0.0206. The molecule has 0 aliphatic carbocycles.